The number of amides is 1. The van der Waals surface area contributed by atoms with Crippen LogP contribution in [0.4, 0.5) is 4.39 Å². The van der Waals surface area contributed by atoms with Gasteiger partial charge in [-0.15, -0.1) is 0 Å². The molecule has 1 amide bonds. The molecule has 0 heterocycles. The highest BCUT2D eigenvalue weighted by Crippen LogP contribution is 2.22. The Morgan fingerprint density at radius 3 is 2.44 bits per heavy atom. The number of carbonyl (C=O) groups excluding carboxylic acids is 1. The van der Waals surface area contributed by atoms with Crippen LogP contribution in [0.3, 0.4) is 0 Å². The minimum Gasteiger partial charge on any atom is -0.494 e. The van der Waals surface area contributed by atoms with Gasteiger partial charge < -0.3 is 19.9 Å². The number of carboxylic acids is 1. The van der Waals surface area contributed by atoms with Crippen LogP contribution in [0.2, 0.25) is 0 Å². The van der Waals surface area contributed by atoms with Gasteiger partial charge >= 0.3 is 5.97 Å². The van der Waals surface area contributed by atoms with Crippen LogP contribution in [0.25, 0.3) is 0 Å². The Bertz CT molecular complexity index is 791. The maximum Gasteiger partial charge on any atom is 0.330 e. The van der Waals surface area contributed by atoms with E-state index in [0.717, 1.165) is 17.4 Å². The highest BCUT2D eigenvalue weighted by Gasteiger charge is 2.23. The summed E-state index contributed by atoms with van der Waals surface area (Å²) in [6, 6.07) is 9.79. The summed E-state index contributed by atoms with van der Waals surface area (Å²) in [5, 5.41) is 11.8. The first-order chi connectivity index (χ1) is 12.9. The minimum atomic E-state index is -1.33. The SMILES string of the molecule is CCOc1ccc(CCC(=O)NC(C(=O)O)c2ccc(OC)c(F)c2)cc1. The molecule has 1 atom stereocenters. The third-order valence-corrected chi connectivity index (χ3v) is 3.94. The summed E-state index contributed by atoms with van der Waals surface area (Å²) in [5.74, 6) is -1.64. The fraction of sp³-hybridized carbons (Fsp3) is 0.300. The van der Waals surface area contributed by atoms with E-state index in [1.54, 1.807) is 0 Å². The van der Waals surface area contributed by atoms with Crippen LogP contribution in [0.15, 0.2) is 42.5 Å². The molecule has 2 N–H and O–H groups in total. The lowest BCUT2D eigenvalue weighted by Gasteiger charge is -2.16. The van der Waals surface area contributed by atoms with E-state index in [2.05, 4.69) is 5.32 Å². The van der Waals surface area contributed by atoms with Crippen molar-refractivity contribution >= 4 is 11.9 Å². The van der Waals surface area contributed by atoms with Gasteiger partial charge in [0.1, 0.15) is 5.75 Å². The molecular weight excluding hydrogens is 353 g/mol. The Labute approximate surface area is 156 Å². The Morgan fingerprint density at radius 2 is 1.89 bits per heavy atom. The van der Waals surface area contributed by atoms with Gasteiger partial charge in [-0.25, -0.2) is 9.18 Å². The normalized spacial score (nSPS) is 11.5. The number of aliphatic carboxylic acids is 1. The largest absolute Gasteiger partial charge is 0.494 e. The van der Waals surface area contributed by atoms with E-state index in [-0.39, 0.29) is 17.7 Å². The van der Waals surface area contributed by atoms with Crippen LogP contribution in [-0.2, 0) is 16.0 Å². The predicted molar refractivity (Wildman–Crippen MR) is 97.4 cm³/mol. The molecule has 0 fully saturated rings. The monoisotopic (exact) mass is 375 g/mol. The van der Waals surface area contributed by atoms with Gasteiger partial charge in [-0.1, -0.05) is 18.2 Å². The molecule has 7 heteroatoms. The molecule has 0 radical (unpaired) electrons. The number of halogens is 1. The molecule has 27 heavy (non-hydrogen) atoms. The summed E-state index contributed by atoms with van der Waals surface area (Å²) in [7, 11) is 1.31. The molecule has 0 saturated carbocycles. The average molecular weight is 375 g/mol. The van der Waals surface area contributed by atoms with Crippen molar-refractivity contribution in [2.45, 2.75) is 25.8 Å². The lowest BCUT2D eigenvalue weighted by atomic mass is 10.1. The maximum atomic E-state index is 13.8. The molecular formula is C20H22FNO5. The summed E-state index contributed by atoms with van der Waals surface area (Å²) in [4.78, 5) is 23.7. The zero-order valence-electron chi connectivity index (χ0n) is 15.2. The maximum absolute atomic E-state index is 13.8. The first kappa shape index (κ1) is 20.2. The minimum absolute atomic E-state index is 0.00437. The van der Waals surface area contributed by atoms with Crippen molar-refractivity contribution in [2.24, 2.45) is 0 Å². The molecule has 0 saturated heterocycles. The van der Waals surface area contributed by atoms with Crippen molar-refractivity contribution < 1.29 is 28.6 Å². The number of benzene rings is 2. The average Bonchev–Trinajstić information content (AvgIpc) is 2.65. The van der Waals surface area contributed by atoms with Crippen LogP contribution < -0.4 is 14.8 Å². The molecule has 2 aromatic carbocycles. The molecule has 0 aliphatic carbocycles. The fourth-order valence-electron chi connectivity index (χ4n) is 2.56. The second-order valence-electron chi connectivity index (χ2n) is 5.81. The third-order valence-electron chi connectivity index (χ3n) is 3.94. The van der Waals surface area contributed by atoms with Crippen LogP contribution in [0.5, 0.6) is 11.5 Å². The fourth-order valence-corrected chi connectivity index (χ4v) is 2.56. The predicted octanol–water partition coefficient (Wildman–Crippen LogP) is 3.11. The first-order valence-corrected chi connectivity index (χ1v) is 8.52. The quantitative estimate of drug-likeness (QED) is 0.703. The molecule has 1 unspecified atom stereocenters. The molecule has 0 bridgehead atoms. The molecule has 2 aromatic rings. The van der Waals surface area contributed by atoms with Gasteiger partial charge in [-0.05, 0) is 48.7 Å². The number of ether oxygens (including phenoxy) is 2. The van der Waals surface area contributed by atoms with E-state index in [9.17, 15) is 19.1 Å². The van der Waals surface area contributed by atoms with Crippen molar-refractivity contribution in [3.63, 3.8) is 0 Å². The highest BCUT2D eigenvalue weighted by molar-refractivity contribution is 5.84. The van der Waals surface area contributed by atoms with E-state index >= 15 is 0 Å². The molecule has 0 spiro atoms. The molecule has 0 aliphatic heterocycles. The van der Waals surface area contributed by atoms with Crippen molar-refractivity contribution in [3.05, 3.63) is 59.4 Å². The molecule has 144 valence electrons. The van der Waals surface area contributed by atoms with Gasteiger partial charge in [0.2, 0.25) is 5.91 Å². The summed E-state index contributed by atoms with van der Waals surface area (Å²) >= 11 is 0. The summed E-state index contributed by atoms with van der Waals surface area (Å²) in [6.07, 6.45) is 0.554. The van der Waals surface area contributed by atoms with Gasteiger partial charge in [-0.3, -0.25) is 4.79 Å². The lowest BCUT2D eigenvalue weighted by Crippen LogP contribution is -2.34. The van der Waals surface area contributed by atoms with Crippen molar-refractivity contribution in [1.29, 1.82) is 0 Å². The first-order valence-electron chi connectivity index (χ1n) is 8.52. The molecule has 6 nitrogen and oxygen atoms in total. The van der Waals surface area contributed by atoms with Crippen molar-refractivity contribution in [3.8, 4) is 11.5 Å². The number of hydrogen-bond acceptors (Lipinski definition) is 4. The zero-order valence-corrected chi connectivity index (χ0v) is 15.2. The Balaban J connectivity index is 1.98. The summed E-state index contributed by atoms with van der Waals surface area (Å²) in [5.41, 5.74) is 1.06. The number of aryl methyl sites for hydroxylation is 1. The third kappa shape index (κ3) is 5.70. The number of carboxylic acid groups (broad SMARTS) is 1. The smallest absolute Gasteiger partial charge is 0.330 e. The van der Waals surface area contributed by atoms with E-state index < -0.39 is 23.7 Å². The molecule has 0 aromatic heterocycles. The van der Waals surface area contributed by atoms with E-state index in [0.29, 0.717) is 13.0 Å². The Kier molecular flexibility index (Phi) is 7.16. The van der Waals surface area contributed by atoms with Crippen molar-refractivity contribution in [1.82, 2.24) is 5.32 Å². The van der Waals surface area contributed by atoms with Gasteiger partial charge in [0.15, 0.2) is 17.6 Å². The van der Waals surface area contributed by atoms with Gasteiger partial charge in [0.05, 0.1) is 13.7 Å². The summed E-state index contributed by atoms with van der Waals surface area (Å²) < 4.78 is 24.0. The van der Waals surface area contributed by atoms with Gasteiger partial charge in [0.25, 0.3) is 0 Å². The highest BCUT2D eigenvalue weighted by atomic mass is 19.1. The van der Waals surface area contributed by atoms with E-state index in [1.807, 2.05) is 31.2 Å². The Hall–Kier alpha value is -3.09. The standard InChI is InChI=1S/C20H22FNO5/c1-3-27-15-8-4-13(5-9-15)6-11-18(23)22-19(20(24)25)14-7-10-17(26-2)16(21)12-14/h4-5,7-10,12,19H,3,6,11H2,1-2H3,(H,22,23)(H,24,25). The number of rotatable bonds is 9. The van der Waals surface area contributed by atoms with Crippen molar-refractivity contribution in [2.75, 3.05) is 13.7 Å². The van der Waals surface area contributed by atoms with Crippen LogP contribution >= 0.6 is 0 Å². The van der Waals surface area contributed by atoms with E-state index in [4.69, 9.17) is 9.47 Å². The number of methoxy groups -OCH3 is 1. The van der Waals surface area contributed by atoms with Crippen LogP contribution in [0, 0.1) is 5.82 Å². The second kappa shape index (κ2) is 9.56. The van der Waals surface area contributed by atoms with E-state index in [1.165, 1.54) is 19.2 Å². The summed E-state index contributed by atoms with van der Waals surface area (Å²) in [6.45, 7) is 2.47. The molecule has 2 rings (SSSR count). The number of hydrogen-bond donors (Lipinski definition) is 2. The van der Waals surface area contributed by atoms with Crippen LogP contribution in [0.1, 0.15) is 30.5 Å². The second-order valence-corrected chi connectivity index (χ2v) is 5.81. The molecule has 0 aliphatic rings. The topological polar surface area (TPSA) is 84.9 Å². The van der Waals surface area contributed by atoms with Gasteiger partial charge in [-0.2, -0.15) is 0 Å². The van der Waals surface area contributed by atoms with Gasteiger partial charge in [0, 0.05) is 6.42 Å². The van der Waals surface area contributed by atoms with Crippen LogP contribution in [-0.4, -0.2) is 30.7 Å². The Morgan fingerprint density at radius 1 is 1.19 bits per heavy atom. The number of nitrogens with one attached hydrogen (secondary N) is 1. The number of carbonyl (C=O) groups is 2. The lowest BCUT2D eigenvalue weighted by molar-refractivity contribution is -0.142. The zero-order chi connectivity index (χ0) is 19.8.